The van der Waals surface area contributed by atoms with Gasteiger partial charge in [-0.15, -0.1) is 0 Å². The summed E-state index contributed by atoms with van der Waals surface area (Å²) in [6.07, 6.45) is 0. The number of rotatable bonds is 2. The summed E-state index contributed by atoms with van der Waals surface area (Å²) < 4.78 is 0. The van der Waals surface area contributed by atoms with Crippen molar-refractivity contribution in [3.8, 4) is 0 Å². The maximum absolute atomic E-state index is 3.52. The molecule has 0 saturated heterocycles. The third kappa shape index (κ3) is 2.73. The molecule has 0 amide bonds. The SMILES string of the molecule is Cc1cc(C)cc(Nc2cc(C)c(C)cc2C)c1. The summed E-state index contributed by atoms with van der Waals surface area (Å²) in [6, 6.07) is 11.0. The van der Waals surface area contributed by atoms with Crippen LogP contribution in [0.3, 0.4) is 0 Å². The molecule has 0 aliphatic carbocycles. The lowest BCUT2D eigenvalue weighted by molar-refractivity contribution is 1.29. The molecule has 0 aromatic heterocycles. The Morgan fingerprint density at radius 2 is 1.17 bits per heavy atom. The van der Waals surface area contributed by atoms with E-state index in [0.717, 1.165) is 0 Å². The van der Waals surface area contributed by atoms with Gasteiger partial charge in [0.05, 0.1) is 0 Å². The van der Waals surface area contributed by atoms with E-state index in [0.29, 0.717) is 0 Å². The van der Waals surface area contributed by atoms with Crippen molar-refractivity contribution in [1.82, 2.24) is 0 Å². The van der Waals surface area contributed by atoms with Gasteiger partial charge in [0.25, 0.3) is 0 Å². The van der Waals surface area contributed by atoms with Gasteiger partial charge in [0.2, 0.25) is 0 Å². The van der Waals surface area contributed by atoms with Crippen LogP contribution in [-0.4, -0.2) is 0 Å². The average Bonchev–Trinajstić information content (AvgIpc) is 2.24. The van der Waals surface area contributed by atoms with Gasteiger partial charge in [0.1, 0.15) is 0 Å². The van der Waals surface area contributed by atoms with Crippen LogP contribution in [0.5, 0.6) is 0 Å². The van der Waals surface area contributed by atoms with Crippen molar-refractivity contribution in [2.75, 3.05) is 5.32 Å². The predicted octanol–water partition coefficient (Wildman–Crippen LogP) is 4.97. The molecule has 0 radical (unpaired) electrons. The van der Waals surface area contributed by atoms with Crippen molar-refractivity contribution < 1.29 is 0 Å². The number of nitrogens with one attached hydrogen (secondary N) is 1. The molecule has 18 heavy (non-hydrogen) atoms. The summed E-state index contributed by atoms with van der Waals surface area (Å²) in [5.41, 5.74) is 8.91. The van der Waals surface area contributed by atoms with Gasteiger partial charge in [-0.2, -0.15) is 0 Å². The lowest BCUT2D eigenvalue weighted by Gasteiger charge is -2.13. The highest BCUT2D eigenvalue weighted by Crippen LogP contribution is 2.25. The highest BCUT2D eigenvalue weighted by molar-refractivity contribution is 5.65. The molecular formula is C17H21N. The van der Waals surface area contributed by atoms with Gasteiger partial charge in [-0.25, -0.2) is 0 Å². The lowest BCUT2D eigenvalue weighted by atomic mass is 10.0. The summed E-state index contributed by atoms with van der Waals surface area (Å²) >= 11 is 0. The van der Waals surface area contributed by atoms with Gasteiger partial charge < -0.3 is 5.32 Å². The van der Waals surface area contributed by atoms with Gasteiger partial charge in [-0.1, -0.05) is 12.1 Å². The molecule has 1 nitrogen and oxygen atoms in total. The summed E-state index contributed by atoms with van der Waals surface area (Å²) in [7, 11) is 0. The minimum Gasteiger partial charge on any atom is -0.355 e. The molecule has 2 aromatic rings. The van der Waals surface area contributed by atoms with Gasteiger partial charge in [-0.3, -0.25) is 0 Å². The minimum atomic E-state index is 1.17. The summed E-state index contributed by atoms with van der Waals surface area (Å²) in [5, 5.41) is 3.52. The first-order valence-corrected chi connectivity index (χ1v) is 6.39. The van der Waals surface area contributed by atoms with Crippen LogP contribution in [0.1, 0.15) is 27.8 Å². The fourth-order valence-corrected chi connectivity index (χ4v) is 2.30. The zero-order chi connectivity index (χ0) is 13.3. The molecule has 0 atom stereocenters. The normalized spacial score (nSPS) is 10.5. The first-order chi connectivity index (χ1) is 8.45. The predicted molar refractivity (Wildman–Crippen MR) is 79.9 cm³/mol. The minimum absolute atomic E-state index is 1.17. The molecule has 0 spiro atoms. The fourth-order valence-electron chi connectivity index (χ4n) is 2.30. The van der Waals surface area contributed by atoms with E-state index >= 15 is 0 Å². The molecule has 0 aliphatic heterocycles. The smallest absolute Gasteiger partial charge is 0.0416 e. The molecule has 0 heterocycles. The Bertz CT molecular complexity index is 562. The highest BCUT2D eigenvalue weighted by atomic mass is 14.9. The van der Waals surface area contributed by atoms with Crippen LogP contribution >= 0.6 is 0 Å². The zero-order valence-electron chi connectivity index (χ0n) is 11.9. The fraction of sp³-hybridized carbons (Fsp3) is 0.294. The second-order valence-corrected chi connectivity index (χ2v) is 5.25. The third-order valence-corrected chi connectivity index (χ3v) is 3.34. The molecule has 2 rings (SSSR count). The largest absolute Gasteiger partial charge is 0.355 e. The Kier molecular flexibility index (Phi) is 3.42. The van der Waals surface area contributed by atoms with E-state index in [4.69, 9.17) is 0 Å². The summed E-state index contributed by atoms with van der Waals surface area (Å²) in [5.74, 6) is 0. The number of anilines is 2. The van der Waals surface area contributed by atoms with Crippen molar-refractivity contribution in [3.63, 3.8) is 0 Å². The average molecular weight is 239 g/mol. The number of hydrogen-bond acceptors (Lipinski definition) is 1. The van der Waals surface area contributed by atoms with Crippen LogP contribution < -0.4 is 5.32 Å². The molecule has 0 aliphatic rings. The molecule has 0 unspecified atom stereocenters. The van der Waals surface area contributed by atoms with E-state index in [1.807, 2.05) is 0 Å². The van der Waals surface area contributed by atoms with Crippen LogP contribution in [0, 0.1) is 34.6 Å². The summed E-state index contributed by atoms with van der Waals surface area (Å²) in [4.78, 5) is 0. The molecule has 0 bridgehead atoms. The second-order valence-electron chi connectivity index (χ2n) is 5.25. The van der Waals surface area contributed by atoms with E-state index in [1.54, 1.807) is 0 Å². The van der Waals surface area contributed by atoms with Crippen molar-refractivity contribution in [1.29, 1.82) is 0 Å². The Hall–Kier alpha value is -1.76. The number of aryl methyl sites for hydroxylation is 5. The molecule has 1 N–H and O–H groups in total. The van der Waals surface area contributed by atoms with Crippen molar-refractivity contribution in [2.24, 2.45) is 0 Å². The van der Waals surface area contributed by atoms with Gasteiger partial charge in [0, 0.05) is 11.4 Å². The van der Waals surface area contributed by atoms with Crippen molar-refractivity contribution in [3.05, 3.63) is 58.1 Å². The second kappa shape index (κ2) is 4.85. The van der Waals surface area contributed by atoms with Crippen LogP contribution in [0.25, 0.3) is 0 Å². The van der Waals surface area contributed by atoms with Crippen LogP contribution in [0.4, 0.5) is 11.4 Å². The Balaban J connectivity index is 2.36. The summed E-state index contributed by atoms with van der Waals surface area (Å²) in [6.45, 7) is 10.7. The van der Waals surface area contributed by atoms with Crippen LogP contribution in [-0.2, 0) is 0 Å². The molecule has 1 heteroatoms. The number of benzene rings is 2. The molecule has 0 saturated carbocycles. The highest BCUT2D eigenvalue weighted by Gasteiger charge is 2.03. The first-order valence-electron chi connectivity index (χ1n) is 6.39. The van der Waals surface area contributed by atoms with E-state index in [-0.39, 0.29) is 0 Å². The third-order valence-electron chi connectivity index (χ3n) is 3.34. The molecule has 0 fully saturated rings. The Morgan fingerprint density at radius 3 is 1.78 bits per heavy atom. The Morgan fingerprint density at radius 1 is 0.611 bits per heavy atom. The van der Waals surface area contributed by atoms with E-state index in [9.17, 15) is 0 Å². The Labute approximate surface area is 110 Å². The quantitative estimate of drug-likeness (QED) is 0.780. The first kappa shape index (κ1) is 12.7. The van der Waals surface area contributed by atoms with E-state index in [2.05, 4.69) is 70.3 Å². The van der Waals surface area contributed by atoms with Gasteiger partial charge in [0.15, 0.2) is 0 Å². The molecule has 94 valence electrons. The maximum atomic E-state index is 3.52. The van der Waals surface area contributed by atoms with E-state index in [1.165, 1.54) is 39.2 Å². The van der Waals surface area contributed by atoms with Crippen molar-refractivity contribution >= 4 is 11.4 Å². The molecule has 2 aromatic carbocycles. The zero-order valence-corrected chi connectivity index (χ0v) is 11.9. The lowest BCUT2D eigenvalue weighted by Crippen LogP contribution is -1.96. The van der Waals surface area contributed by atoms with Crippen LogP contribution in [0.15, 0.2) is 30.3 Å². The van der Waals surface area contributed by atoms with Gasteiger partial charge in [-0.05, 0) is 80.6 Å². The molecular weight excluding hydrogens is 218 g/mol. The van der Waals surface area contributed by atoms with E-state index < -0.39 is 0 Å². The maximum Gasteiger partial charge on any atom is 0.0416 e. The standard InChI is InChI=1S/C17H21N/c1-11-6-12(2)8-16(7-11)18-17-10-14(4)13(3)9-15(17)5/h6-10,18H,1-5H3. The number of hydrogen-bond donors (Lipinski definition) is 1. The van der Waals surface area contributed by atoms with Gasteiger partial charge >= 0.3 is 0 Å². The monoisotopic (exact) mass is 239 g/mol. The topological polar surface area (TPSA) is 12.0 Å². The van der Waals surface area contributed by atoms with Crippen molar-refractivity contribution in [2.45, 2.75) is 34.6 Å². The van der Waals surface area contributed by atoms with Crippen LogP contribution in [0.2, 0.25) is 0 Å².